The number of hydrogen-bond acceptors (Lipinski definition) is 10. The van der Waals surface area contributed by atoms with Crippen molar-refractivity contribution in [3.05, 3.63) is 57.6 Å². The Hall–Kier alpha value is -5.04. The summed E-state index contributed by atoms with van der Waals surface area (Å²) in [6.45, 7) is 4.89. The van der Waals surface area contributed by atoms with E-state index in [0.29, 0.717) is 10.9 Å². The Balaban J connectivity index is 2.20. The molecule has 3 aromatic rings. The van der Waals surface area contributed by atoms with Gasteiger partial charge in [-0.15, -0.1) is 0 Å². The second kappa shape index (κ2) is 9.20. The van der Waals surface area contributed by atoms with E-state index in [1.807, 2.05) is 0 Å². The molecule has 0 N–H and O–H groups in total. The highest BCUT2D eigenvalue weighted by atomic mass is 16.5. The predicted octanol–water partition coefficient (Wildman–Crippen LogP) is 3.58. The second-order valence-corrected chi connectivity index (χ2v) is 8.14. The smallest absolute Gasteiger partial charge is 0.308 e. The van der Waals surface area contributed by atoms with Crippen molar-refractivity contribution in [1.82, 2.24) is 0 Å². The van der Waals surface area contributed by atoms with Gasteiger partial charge >= 0.3 is 17.9 Å². The van der Waals surface area contributed by atoms with Gasteiger partial charge in [-0.2, -0.15) is 5.26 Å². The lowest BCUT2D eigenvalue weighted by Crippen LogP contribution is -2.26. The molecule has 3 aromatic carbocycles. The Morgan fingerprint density at radius 2 is 1.43 bits per heavy atom. The lowest BCUT2D eigenvalue weighted by molar-refractivity contribution is -0.133. The lowest BCUT2D eigenvalue weighted by atomic mass is 9.78. The average Bonchev–Trinajstić information content (AvgIpc) is 2.82. The molecule has 1 aliphatic rings. The Kier molecular flexibility index (Phi) is 6.23. The first-order chi connectivity index (χ1) is 17.5. The molecule has 0 spiro atoms. The van der Waals surface area contributed by atoms with Gasteiger partial charge in [0.1, 0.15) is 17.4 Å². The van der Waals surface area contributed by atoms with Gasteiger partial charge in [-0.1, -0.05) is 12.1 Å². The number of carbonyl (C=O) groups is 5. The fourth-order valence-electron chi connectivity index (χ4n) is 4.44. The van der Waals surface area contributed by atoms with Gasteiger partial charge < -0.3 is 18.9 Å². The molecule has 0 saturated carbocycles. The molecule has 186 valence electrons. The minimum absolute atomic E-state index is 0.0539. The summed E-state index contributed by atoms with van der Waals surface area (Å²) in [5, 5.41) is 10.6. The predicted molar refractivity (Wildman–Crippen MR) is 127 cm³/mol. The molecule has 0 atom stereocenters. The summed E-state index contributed by atoms with van der Waals surface area (Å²) in [5.74, 6) is -4.78. The molecule has 0 heterocycles. The first kappa shape index (κ1) is 25.1. The molecular formula is C27H19NO9. The highest BCUT2D eigenvalue weighted by Crippen LogP contribution is 2.48. The quantitative estimate of drug-likeness (QED) is 0.300. The van der Waals surface area contributed by atoms with Gasteiger partial charge in [0.2, 0.25) is 5.78 Å². The van der Waals surface area contributed by atoms with E-state index in [1.54, 1.807) is 31.2 Å². The van der Waals surface area contributed by atoms with E-state index >= 15 is 0 Å². The third-order valence-electron chi connectivity index (χ3n) is 5.76. The molecule has 0 fully saturated rings. The molecule has 0 aromatic heterocycles. The number of carbonyl (C=O) groups excluding carboxylic acids is 5. The van der Waals surface area contributed by atoms with Gasteiger partial charge in [0.05, 0.1) is 23.6 Å². The molecule has 10 nitrogen and oxygen atoms in total. The van der Waals surface area contributed by atoms with Gasteiger partial charge in [0, 0.05) is 31.9 Å². The van der Waals surface area contributed by atoms with Crippen molar-refractivity contribution in [1.29, 1.82) is 5.26 Å². The average molecular weight is 501 g/mol. The third kappa shape index (κ3) is 3.96. The normalized spacial score (nSPS) is 11.8. The second-order valence-electron chi connectivity index (χ2n) is 8.14. The van der Waals surface area contributed by atoms with Crippen LogP contribution in [-0.2, 0) is 14.4 Å². The van der Waals surface area contributed by atoms with Crippen LogP contribution in [0.1, 0.15) is 63.7 Å². The maximum Gasteiger partial charge on any atom is 0.308 e. The molecular weight excluding hydrogens is 482 g/mol. The molecule has 1 aliphatic carbocycles. The largest absolute Gasteiger partial charge is 0.496 e. The van der Waals surface area contributed by atoms with Crippen LogP contribution in [0.5, 0.6) is 23.0 Å². The molecule has 0 unspecified atom stereocenters. The van der Waals surface area contributed by atoms with E-state index in [2.05, 4.69) is 0 Å². The summed E-state index contributed by atoms with van der Waals surface area (Å²) in [5.41, 5.74) is -0.985. The Morgan fingerprint density at radius 1 is 0.811 bits per heavy atom. The monoisotopic (exact) mass is 501 g/mol. The zero-order valence-corrected chi connectivity index (χ0v) is 20.4. The molecule has 0 radical (unpaired) electrons. The Morgan fingerprint density at radius 3 is 2.00 bits per heavy atom. The van der Waals surface area contributed by atoms with E-state index in [-0.39, 0.29) is 39.3 Å². The van der Waals surface area contributed by atoms with Crippen molar-refractivity contribution in [2.24, 2.45) is 0 Å². The first-order valence-electron chi connectivity index (χ1n) is 10.9. The molecule has 37 heavy (non-hydrogen) atoms. The number of esters is 3. The topological polar surface area (TPSA) is 146 Å². The number of methoxy groups -OCH3 is 1. The maximum absolute atomic E-state index is 14.1. The van der Waals surface area contributed by atoms with Crippen molar-refractivity contribution >= 4 is 40.2 Å². The maximum atomic E-state index is 14.1. The van der Waals surface area contributed by atoms with Crippen molar-refractivity contribution in [2.75, 3.05) is 7.11 Å². The number of fused-ring (bicyclic) bond motifs is 3. The van der Waals surface area contributed by atoms with Crippen LogP contribution in [0.4, 0.5) is 0 Å². The van der Waals surface area contributed by atoms with Crippen LogP contribution in [0, 0.1) is 18.3 Å². The lowest BCUT2D eigenvalue weighted by Gasteiger charge is -2.26. The summed E-state index contributed by atoms with van der Waals surface area (Å²) in [7, 11) is 1.40. The molecule has 10 heteroatoms. The minimum atomic E-state index is -0.888. The van der Waals surface area contributed by atoms with Gasteiger partial charge in [-0.05, 0) is 30.0 Å². The fourth-order valence-corrected chi connectivity index (χ4v) is 4.44. The molecule has 0 saturated heterocycles. The van der Waals surface area contributed by atoms with E-state index in [1.165, 1.54) is 7.11 Å². The standard InChI is InChI=1S/C27H19NO9/c1-11-15-7-6-8-18(34-5)21(15)27(37-14(4)31)23-20(11)24(32)16-9-19(35-12(2)29)17(10-28)26(36-13(3)30)22(16)25(23)33/h6-9H,1-5H3. The van der Waals surface area contributed by atoms with Gasteiger partial charge in [0.15, 0.2) is 23.0 Å². The Labute approximate surface area is 210 Å². The first-order valence-corrected chi connectivity index (χ1v) is 10.9. The van der Waals surface area contributed by atoms with E-state index in [0.717, 1.165) is 26.8 Å². The van der Waals surface area contributed by atoms with Gasteiger partial charge in [0.25, 0.3) is 0 Å². The summed E-state index contributed by atoms with van der Waals surface area (Å²) < 4.78 is 21.2. The molecule has 0 bridgehead atoms. The van der Waals surface area contributed by atoms with E-state index in [4.69, 9.17) is 18.9 Å². The SMILES string of the molecule is COc1cccc2c(C)c3c(c(OC(C)=O)c12)C(=O)c1c(cc(OC(C)=O)c(C#N)c1OC(C)=O)C3=O. The number of nitrogens with zero attached hydrogens (tertiary/aromatic N) is 1. The van der Waals surface area contributed by atoms with Crippen LogP contribution in [0.3, 0.4) is 0 Å². The summed E-state index contributed by atoms with van der Waals surface area (Å²) in [6.07, 6.45) is 0. The van der Waals surface area contributed by atoms with Crippen molar-refractivity contribution in [3.63, 3.8) is 0 Å². The molecule has 4 rings (SSSR count). The van der Waals surface area contributed by atoms with Gasteiger partial charge in [-0.25, -0.2) is 0 Å². The number of ketones is 2. The Bertz CT molecular complexity index is 1630. The number of rotatable bonds is 4. The van der Waals surface area contributed by atoms with Crippen molar-refractivity contribution in [3.8, 4) is 29.1 Å². The van der Waals surface area contributed by atoms with Crippen LogP contribution in [-0.4, -0.2) is 36.6 Å². The number of nitriles is 1. The van der Waals surface area contributed by atoms with Gasteiger partial charge in [-0.3, -0.25) is 24.0 Å². The molecule has 0 aliphatic heterocycles. The zero-order valence-electron chi connectivity index (χ0n) is 20.4. The van der Waals surface area contributed by atoms with Crippen LogP contribution in [0.25, 0.3) is 10.8 Å². The zero-order chi connectivity index (χ0) is 27.2. The van der Waals surface area contributed by atoms with E-state index < -0.39 is 46.4 Å². The molecule has 0 amide bonds. The van der Waals surface area contributed by atoms with Crippen molar-refractivity contribution < 1.29 is 42.9 Å². The number of ether oxygens (including phenoxy) is 4. The number of aryl methyl sites for hydroxylation is 1. The highest BCUT2D eigenvalue weighted by Gasteiger charge is 2.41. The number of hydrogen-bond donors (Lipinski definition) is 0. The van der Waals surface area contributed by atoms with Crippen LogP contribution < -0.4 is 18.9 Å². The van der Waals surface area contributed by atoms with Crippen LogP contribution in [0.2, 0.25) is 0 Å². The summed E-state index contributed by atoms with van der Waals surface area (Å²) in [6, 6.07) is 7.82. The minimum Gasteiger partial charge on any atom is -0.496 e. The fraction of sp³-hybridized carbons (Fsp3) is 0.185. The van der Waals surface area contributed by atoms with Crippen LogP contribution in [0.15, 0.2) is 24.3 Å². The third-order valence-corrected chi connectivity index (χ3v) is 5.76. The summed E-state index contributed by atoms with van der Waals surface area (Å²) in [4.78, 5) is 63.7. The summed E-state index contributed by atoms with van der Waals surface area (Å²) >= 11 is 0. The van der Waals surface area contributed by atoms with Crippen LogP contribution >= 0.6 is 0 Å². The van der Waals surface area contributed by atoms with E-state index in [9.17, 15) is 29.2 Å². The van der Waals surface area contributed by atoms with Crippen molar-refractivity contribution in [2.45, 2.75) is 27.7 Å². The highest BCUT2D eigenvalue weighted by molar-refractivity contribution is 6.33. The number of benzene rings is 3.